The number of hydrazone groups is 1. The summed E-state index contributed by atoms with van der Waals surface area (Å²) >= 11 is 7.25. The van der Waals surface area contributed by atoms with E-state index in [0.29, 0.717) is 10.0 Å². The van der Waals surface area contributed by atoms with E-state index in [1.165, 1.54) is 22.5 Å². The molecule has 0 saturated carbocycles. The van der Waals surface area contributed by atoms with Gasteiger partial charge in [0.1, 0.15) is 6.07 Å². The van der Waals surface area contributed by atoms with Gasteiger partial charge in [0.05, 0.1) is 11.4 Å². The quantitative estimate of drug-likeness (QED) is 0.495. The Bertz CT molecular complexity index is 968. The smallest absolute Gasteiger partial charge is 0.196 e. The Morgan fingerprint density at radius 1 is 1.16 bits per heavy atom. The van der Waals surface area contributed by atoms with Crippen molar-refractivity contribution in [3.8, 4) is 17.3 Å². The number of anilines is 1. The average molecular weight is 367 g/mol. The third-order valence-corrected chi connectivity index (χ3v) is 4.86. The second kappa shape index (κ2) is 7.47. The lowest BCUT2D eigenvalue weighted by Crippen LogP contribution is -2.01. The predicted octanol–water partition coefficient (Wildman–Crippen LogP) is 5.42. The molecule has 3 aromatic rings. The molecular formula is C19H15ClN4S. The molecule has 0 aliphatic heterocycles. The predicted molar refractivity (Wildman–Crippen MR) is 104 cm³/mol. The van der Waals surface area contributed by atoms with Crippen LogP contribution in [-0.2, 0) is 0 Å². The lowest BCUT2D eigenvalue weighted by atomic mass is 10.1. The molecule has 0 spiro atoms. The zero-order chi connectivity index (χ0) is 17.8. The Labute approximate surface area is 155 Å². The van der Waals surface area contributed by atoms with E-state index < -0.39 is 0 Å². The van der Waals surface area contributed by atoms with Crippen LogP contribution in [0.25, 0.3) is 11.3 Å². The van der Waals surface area contributed by atoms with Crippen LogP contribution < -0.4 is 5.43 Å². The molecule has 2 aromatic carbocycles. The van der Waals surface area contributed by atoms with E-state index in [0.717, 1.165) is 16.9 Å². The number of thiazole rings is 1. The topological polar surface area (TPSA) is 61.1 Å². The van der Waals surface area contributed by atoms with Crippen LogP contribution in [0.1, 0.15) is 16.1 Å². The van der Waals surface area contributed by atoms with Crippen LogP contribution in [0.5, 0.6) is 0 Å². The van der Waals surface area contributed by atoms with Crippen LogP contribution in [0.2, 0.25) is 5.02 Å². The SMILES string of the molecule is Cc1ccc(-c2csc(/C(C#N)=N/Nc3ccc(Cl)cc3)n2)cc1C. The Morgan fingerprint density at radius 3 is 2.60 bits per heavy atom. The van der Waals surface area contributed by atoms with Gasteiger partial charge in [-0.25, -0.2) is 4.98 Å². The standard InChI is InChI=1S/C19H15ClN4S/c1-12-3-4-14(9-13(12)2)18-11-25-19(22-18)17(10-21)24-23-16-7-5-15(20)6-8-16/h3-9,11,23H,1-2H3/b24-17+. The van der Waals surface area contributed by atoms with Crippen molar-refractivity contribution in [2.24, 2.45) is 5.10 Å². The third kappa shape index (κ3) is 4.05. The molecule has 0 bridgehead atoms. The molecule has 25 heavy (non-hydrogen) atoms. The average Bonchev–Trinajstić information content (AvgIpc) is 3.09. The fourth-order valence-corrected chi connectivity index (χ4v) is 3.07. The molecule has 0 fully saturated rings. The molecule has 6 heteroatoms. The number of aryl methyl sites for hydroxylation is 2. The van der Waals surface area contributed by atoms with Crippen molar-refractivity contribution in [1.82, 2.24) is 4.98 Å². The second-order valence-corrected chi connectivity index (χ2v) is 6.82. The lowest BCUT2D eigenvalue weighted by molar-refractivity contribution is 1.30. The summed E-state index contributed by atoms with van der Waals surface area (Å²) in [6.45, 7) is 4.15. The third-order valence-electron chi connectivity index (χ3n) is 3.76. The van der Waals surface area contributed by atoms with Gasteiger partial charge in [0, 0.05) is 16.0 Å². The maximum Gasteiger partial charge on any atom is 0.196 e. The second-order valence-electron chi connectivity index (χ2n) is 5.53. The largest absolute Gasteiger partial charge is 0.277 e. The summed E-state index contributed by atoms with van der Waals surface area (Å²) in [6.07, 6.45) is 0. The Kier molecular flexibility index (Phi) is 5.13. The van der Waals surface area contributed by atoms with Crippen molar-refractivity contribution in [3.05, 3.63) is 69.0 Å². The van der Waals surface area contributed by atoms with Crippen molar-refractivity contribution in [2.45, 2.75) is 13.8 Å². The number of hydrogen-bond acceptors (Lipinski definition) is 5. The van der Waals surface area contributed by atoms with Gasteiger partial charge < -0.3 is 0 Å². The zero-order valence-electron chi connectivity index (χ0n) is 13.7. The summed E-state index contributed by atoms with van der Waals surface area (Å²) in [6, 6.07) is 15.4. The molecule has 1 heterocycles. The van der Waals surface area contributed by atoms with Gasteiger partial charge in [-0.1, -0.05) is 23.7 Å². The van der Waals surface area contributed by atoms with Crippen molar-refractivity contribution in [1.29, 1.82) is 5.26 Å². The minimum atomic E-state index is 0.245. The number of rotatable bonds is 4. The molecule has 0 unspecified atom stereocenters. The van der Waals surface area contributed by atoms with Crippen molar-refractivity contribution < 1.29 is 0 Å². The molecule has 0 aliphatic carbocycles. The number of nitrogens with zero attached hydrogens (tertiary/aromatic N) is 3. The molecule has 0 saturated heterocycles. The van der Waals surface area contributed by atoms with Gasteiger partial charge in [0.15, 0.2) is 10.7 Å². The molecule has 0 aliphatic rings. The number of hydrogen-bond donors (Lipinski definition) is 1. The van der Waals surface area contributed by atoms with E-state index in [9.17, 15) is 5.26 Å². The van der Waals surface area contributed by atoms with Crippen LogP contribution in [0.3, 0.4) is 0 Å². The first-order chi connectivity index (χ1) is 12.1. The van der Waals surface area contributed by atoms with Gasteiger partial charge in [-0.05, 0) is 55.3 Å². The van der Waals surface area contributed by atoms with Crippen LogP contribution in [0.4, 0.5) is 5.69 Å². The van der Waals surface area contributed by atoms with E-state index in [4.69, 9.17) is 11.6 Å². The van der Waals surface area contributed by atoms with E-state index in [2.05, 4.69) is 47.6 Å². The number of halogens is 1. The Balaban J connectivity index is 1.83. The first kappa shape index (κ1) is 17.2. The van der Waals surface area contributed by atoms with Crippen molar-refractivity contribution in [2.75, 3.05) is 5.43 Å². The molecule has 124 valence electrons. The Hall–Kier alpha value is -2.68. The normalized spacial score (nSPS) is 11.2. The van der Waals surface area contributed by atoms with Gasteiger partial charge in [0.2, 0.25) is 0 Å². The summed E-state index contributed by atoms with van der Waals surface area (Å²) in [5.41, 5.74) is 8.19. The molecular weight excluding hydrogens is 352 g/mol. The van der Waals surface area contributed by atoms with Gasteiger partial charge in [0.25, 0.3) is 0 Å². The zero-order valence-corrected chi connectivity index (χ0v) is 15.3. The van der Waals surface area contributed by atoms with Gasteiger partial charge in [-0.2, -0.15) is 10.4 Å². The number of aromatic nitrogens is 1. The number of benzene rings is 2. The number of nitrogens with one attached hydrogen (secondary N) is 1. The van der Waals surface area contributed by atoms with Gasteiger partial charge in [-0.15, -0.1) is 11.3 Å². The summed E-state index contributed by atoms with van der Waals surface area (Å²) in [4.78, 5) is 4.55. The highest BCUT2D eigenvalue weighted by atomic mass is 35.5. The fourth-order valence-electron chi connectivity index (χ4n) is 2.18. The van der Waals surface area contributed by atoms with Crippen LogP contribution >= 0.6 is 22.9 Å². The van der Waals surface area contributed by atoms with Crippen LogP contribution in [-0.4, -0.2) is 10.7 Å². The summed E-state index contributed by atoms with van der Waals surface area (Å²) in [5, 5.41) is 16.7. The molecule has 3 rings (SSSR count). The van der Waals surface area contributed by atoms with E-state index in [1.807, 2.05) is 11.4 Å². The van der Waals surface area contributed by atoms with Gasteiger partial charge >= 0.3 is 0 Å². The minimum absolute atomic E-state index is 0.245. The highest BCUT2D eigenvalue weighted by Gasteiger charge is 2.11. The first-order valence-corrected chi connectivity index (χ1v) is 8.85. The number of nitriles is 1. The maximum absolute atomic E-state index is 9.39. The molecule has 1 aromatic heterocycles. The maximum atomic E-state index is 9.39. The molecule has 0 amide bonds. The Morgan fingerprint density at radius 2 is 1.92 bits per heavy atom. The van der Waals surface area contributed by atoms with Crippen molar-refractivity contribution >= 4 is 34.3 Å². The van der Waals surface area contributed by atoms with Crippen LogP contribution in [0, 0.1) is 25.2 Å². The summed E-state index contributed by atoms with van der Waals surface area (Å²) < 4.78 is 0. The molecule has 0 atom stereocenters. The minimum Gasteiger partial charge on any atom is -0.277 e. The van der Waals surface area contributed by atoms with Crippen molar-refractivity contribution in [3.63, 3.8) is 0 Å². The van der Waals surface area contributed by atoms with E-state index in [-0.39, 0.29) is 5.71 Å². The summed E-state index contributed by atoms with van der Waals surface area (Å²) in [7, 11) is 0. The monoisotopic (exact) mass is 366 g/mol. The highest BCUT2D eigenvalue weighted by molar-refractivity contribution is 7.12. The molecule has 4 nitrogen and oxygen atoms in total. The van der Waals surface area contributed by atoms with E-state index in [1.54, 1.807) is 24.3 Å². The van der Waals surface area contributed by atoms with E-state index >= 15 is 0 Å². The fraction of sp³-hybridized carbons (Fsp3) is 0.105. The highest BCUT2D eigenvalue weighted by Crippen LogP contribution is 2.24. The lowest BCUT2D eigenvalue weighted by Gasteiger charge is -2.02. The van der Waals surface area contributed by atoms with Crippen LogP contribution in [0.15, 0.2) is 52.9 Å². The molecule has 0 radical (unpaired) electrons. The van der Waals surface area contributed by atoms with Gasteiger partial charge in [-0.3, -0.25) is 5.43 Å². The first-order valence-electron chi connectivity index (χ1n) is 7.59. The molecule has 1 N–H and O–H groups in total. The summed E-state index contributed by atoms with van der Waals surface area (Å²) in [5.74, 6) is 0.